The van der Waals surface area contributed by atoms with Gasteiger partial charge in [0.25, 0.3) is 0 Å². The second-order valence-electron chi connectivity index (χ2n) is 11.8. The zero-order chi connectivity index (χ0) is 24.6. The van der Waals surface area contributed by atoms with E-state index in [0.29, 0.717) is 18.3 Å². The molecular weight excluding hydrogens is 428 g/mol. The summed E-state index contributed by atoms with van der Waals surface area (Å²) in [5.41, 5.74) is 1.51. The van der Waals surface area contributed by atoms with Gasteiger partial charge >= 0.3 is 5.97 Å². The number of fused-ring (bicyclic) bond motifs is 1. The molecule has 4 nitrogen and oxygen atoms in total. The number of methoxy groups -OCH3 is 1. The lowest BCUT2D eigenvalue weighted by Crippen LogP contribution is -2.43. The first-order valence-electron chi connectivity index (χ1n) is 13.3. The van der Waals surface area contributed by atoms with Gasteiger partial charge in [-0.2, -0.15) is 0 Å². The molecule has 2 aliphatic rings. The number of aliphatic hydroxyl groups excluding tert-OH is 1. The molecule has 0 radical (unpaired) electrons. The predicted octanol–water partition coefficient (Wildman–Crippen LogP) is 7.19. The van der Waals surface area contributed by atoms with Gasteiger partial charge in [-0.05, 0) is 68.5 Å². The highest BCUT2D eigenvalue weighted by Gasteiger charge is 2.43. The van der Waals surface area contributed by atoms with Crippen molar-refractivity contribution in [2.45, 2.75) is 122 Å². The van der Waals surface area contributed by atoms with Crippen molar-refractivity contribution in [1.29, 1.82) is 0 Å². The van der Waals surface area contributed by atoms with Crippen LogP contribution in [-0.2, 0) is 14.0 Å². The van der Waals surface area contributed by atoms with E-state index in [-0.39, 0.29) is 29.1 Å². The summed E-state index contributed by atoms with van der Waals surface area (Å²) in [6.07, 6.45) is 17.1. The molecule has 0 aromatic carbocycles. The van der Waals surface area contributed by atoms with E-state index in [4.69, 9.17) is 9.16 Å². The van der Waals surface area contributed by atoms with Gasteiger partial charge in [0.15, 0.2) is 8.32 Å². The number of esters is 1. The van der Waals surface area contributed by atoms with E-state index in [9.17, 15) is 9.90 Å². The molecule has 33 heavy (non-hydrogen) atoms. The standard InChI is InChI=1S/C28H50O4Si/c1-8-9-10-14-23(32-33(6,7)28(2,3)4)16-17-24-25-19-21(18-22(25)20-26(24)29)13-11-12-15-27(30)31-5/h16-18,22-26,29H,8-15,19-20H2,1-7H3/b17-16+/t22?,23-,24+,25?,26+/m0/s1. The fraction of sp³-hybridized carbons (Fsp3) is 0.821. The lowest BCUT2D eigenvalue weighted by atomic mass is 9.88. The smallest absolute Gasteiger partial charge is 0.305 e. The van der Waals surface area contributed by atoms with Crippen LogP contribution in [0.3, 0.4) is 0 Å². The second kappa shape index (κ2) is 12.7. The molecule has 0 spiro atoms. The number of carbonyl (C=O) groups is 1. The summed E-state index contributed by atoms with van der Waals surface area (Å²) in [5.74, 6) is 1.10. The van der Waals surface area contributed by atoms with Crippen LogP contribution in [0.1, 0.15) is 91.9 Å². The third-order valence-electron chi connectivity index (χ3n) is 8.20. The van der Waals surface area contributed by atoms with Crippen LogP contribution in [0.4, 0.5) is 0 Å². The lowest BCUT2D eigenvalue weighted by Gasteiger charge is -2.39. The van der Waals surface area contributed by atoms with Gasteiger partial charge in [0, 0.05) is 12.3 Å². The zero-order valence-corrected chi connectivity index (χ0v) is 23.4. The Kier molecular flexibility index (Phi) is 10.9. The second-order valence-corrected chi connectivity index (χ2v) is 16.6. The van der Waals surface area contributed by atoms with Gasteiger partial charge in [-0.1, -0.05) is 70.8 Å². The van der Waals surface area contributed by atoms with Crippen LogP contribution < -0.4 is 0 Å². The van der Waals surface area contributed by atoms with Crippen LogP contribution in [0, 0.1) is 17.8 Å². The molecule has 0 bridgehead atoms. The van der Waals surface area contributed by atoms with Gasteiger partial charge in [0.1, 0.15) is 0 Å². The van der Waals surface area contributed by atoms with Crippen LogP contribution >= 0.6 is 0 Å². The quantitative estimate of drug-likeness (QED) is 0.132. The maximum Gasteiger partial charge on any atom is 0.305 e. The highest BCUT2D eigenvalue weighted by Crippen LogP contribution is 2.48. The summed E-state index contributed by atoms with van der Waals surface area (Å²) >= 11 is 0. The number of hydrogen-bond donors (Lipinski definition) is 1. The first kappa shape index (κ1) is 28.3. The molecule has 1 saturated carbocycles. The number of rotatable bonds is 13. The van der Waals surface area contributed by atoms with Gasteiger partial charge < -0.3 is 14.3 Å². The fourth-order valence-electron chi connectivity index (χ4n) is 5.11. The maximum atomic E-state index is 11.3. The van der Waals surface area contributed by atoms with E-state index < -0.39 is 8.32 Å². The van der Waals surface area contributed by atoms with Crippen molar-refractivity contribution in [2.24, 2.45) is 17.8 Å². The topological polar surface area (TPSA) is 55.8 Å². The van der Waals surface area contributed by atoms with E-state index in [1.165, 1.54) is 31.9 Å². The molecule has 190 valence electrons. The van der Waals surface area contributed by atoms with E-state index >= 15 is 0 Å². The van der Waals surface area contributed by atoms with E-state index in [1.807, 2.05) is 0 Å². The number of aliphatic hydroxyl groups is 1. The van der Waals surface area contributed by atoms with Gasteiger partial charge in [-0.25, -0.2) is 0 Å². The van der Waals surface area contributed by atoms with Crippen molar-refractivity contribution in [2.75, 3.05) is 7.11 Å². The number of allylic oxidation sites excluding steroid dienone is 2. The predicted molar refractivity (Wildman–Crippen MR) is 140 cm³/mol. The van der Waals surface area contributed by atoms with E-state index in [2.05, 4.69) is 59.0 Å². The molecule has 0 saturated heterocycles. The molecule has 0 amide bonds. The normalized spacial score (nSPS) is 26.5. The number of hydrogen-bond acceptors (Lipinski definition) is 4. The van der Waals surface area contributed by atoms with Gasteiger partial charge in [-0.3, -0.25) is 4.79 Å². The SMILES string of the molecule is CCCCC[C@@H](/C=C/[C@@H]1C2CC(CCCCC(=O)OC)=CC2C[C@H]1O)O[Si](C)(C)C(C)(C)C. The van der Waals surface area contributed by atoms with E-state index in [0.717, 1.165) is 38.5 Å². The summed E-state index contributed by atoms with van der Waals surface area (Å²) in [6, 6.07) is 0. The molecule has 2 unspecified atom stereocenters. The van der Waals surface area contributed by atoms with Crippen molar-refractivity contribution < 1.29 is 19.1 Å². The highest BCUT2D eigenvalue weighted by atomic mass is 28.4. The minimum atomic E-state index is -1.85. The van der Waals surface area contributed by atoms with Crippen molar-refractivity contribution in [3.8, 4) is 0 Å². The molecule has 0 aliphatic heterocycles. The Morgan fingerprint density at radius 1 is 1.24 bits per heavy atom. The van der Waals surface area contributed by atoms with E-state index in [1.54, 1.807) is 0 Å². The fourth-order valence-corrected chi connectivity index (χ4v) is 6.42. The summed E-state index contributed by atoms with van der Waals surface area (Å²) in [4.78, 5) is 11.3. The Hall–Kier alpha value is -0.913. The average Bonchev–Trinajstić information content (AvgIpc) is 3.24. The molecule has 1 fully saturated rings. The molecule has 5 heteroatoms. The number of unbranched alkanes of at least 4 members (excludes halogenated alkanes) is 3. The lowest BCUT2D eigenvalue weighted by molar-refractivity contribution is -0.140. The first-order valence-corrected chi connectivity index (χ1v) is 16.2. The maximum absolute atomic E-state index is 11.3. The van der Waals surface area contributed by atoms with Crippen molar-refractivity contribution in [3.05, 3.63) is 23.8 Å². The molecule has 5 atom stereocenters. The third kappa shape index (κ3) is 8.36. The molecular formula is C28H50O4Si. The molecule has 0 aromatic heterocycles. The minimum Gasteiger partial charge on any atom is -0.469 e. The van der Waals surface area contributed by atoms with Gasteiger partial charge in [0.05, 0.1) is 19.3 Å². The Morgan fingerprint density at radius 2 is 1.97 bits per heavy atom. The molecule has 0 heterocycles. The Balaban J connectivity index is 1.97. The van der Waals surface area contributed by atoms with Crippen molar-refractivity contribution in [1.82, 2.24) is 0 Å². The Morgan fingerprint density at radius 3 is 2.61 bits per heavy atom. The van der Waals surface area contributed by atoms with Crippen LogP contribution in [0.2, 0.25) is 18.1 Å². The molecule has 0 aromatic rings. The summed E-state index contributed by atoms with van der Waals surface area (Å²) < 4.78 is 11.5. The van der Waals surface area contributed by atoms with Gasteiger partial charge in [-0.15, -0.1) is 0 Å². The summed E-state index contributed by atoms with van der Waals surface area (Å²) in [7, 11) is -0.394. The Labute approximate surface area is 204 Å². The number of carbonyl (C=O) groups excluding carboxylic acids is 1. The van der Waals surface area contributed by atoms with Crippen molar-refractivity contribution in [3.63, 3.8) is 0 Å². The largest absolute Gasteiger partial charge is 0.469 e. The number of ether oxygens (including phenoxy) is 1. The van der Waals surface area contributed by atoms with Crippen LogP contribution in [0.25, 0.3) is 0 Å². The minimum absolute atomic E-state index is 0.117. The average molecular weight is 479 g/mol. The zero-order valence-electron chi connectivity index (χ0n) is 22.4. The summed E-state index contributed by atoms with van der Waals surface area (Å²) in [5, 5.41) is 11.0. The highest BCUT2D eigenvalue weighted by molar-refractivity contribution is 6.74. The van der Waals surface area contributed by atoms with Crippen molar-refractivity contribution >= 4 is 14.3 Å². The van der Waals surface area contributed by atoms with Crippen LogP contribution in [-0.4, -0.2) is 38.7 Å². The van der Waals surface area contributed by atoms with Crippen LogP contribution in [0.5, 0.6) is 0 Å². The first-order chi connectivity index (χ1) is 15.5. The molecule has 1 N–H and O–H groups in total. The Bertz CT molecular complexity index is 676. The van der Waals surface area contributed by atoms with Gasteiger partial charge in [0.2, 0.25) is 0 Å². The third-order valence-corrected chi connectivity index (χ3v) is 12.7. The molecule has 2 aliphatic carbocycles. The van der Waals surface area contributed by atoms with Crippen LogP contribution in [0.15, 0.2) is 23.8 Å². The molecule has 2 rings (SSSR count). The monoisotopic (exact) mass is 478 g/mol. The summed E-state index contributed by atoms with van der Waals surface area (Å²) in [6.45, 7) is 13.8.